The fourth-order valence-corrected chi connectivity index (χ4v) is 2.69. The maximum Gasteiger partial charge on any atom is 0.410 e. The lowest BCUT2D eigenvalue weighted by molar-refractivity contribution is 0.0240. The van der Waals surface area contributed by atoms with Crippen LogP contribution < -0.4 is 9.80 Å². The van der Waals surface area contributed by atoms with Gasteiger partial charge in [-0.3, -0.25) is 0 Å². The van der Waals surface area contributed by atoms with Crippen molar-refractivity contribution in [2.45, 2.75) is 40.2 Å². The number of amides is 1. The van der Waals surface area contributed by atoms with E-state index in [9.17, 15) is 4.79 Å². The lowest BCUT2D eigenvalue weighted by Crippen LogP contribution is -2.50. The molecule has 0 N–H and O–H groups in total. The first-order valence-corrected chi connectivity index (χ1v) is 9.00. The molecule has 0 bridgehead atoms. The first-order chi connectivity index (χ1) is 11.7. The summed E-state index contributed by atoms with van der Waals surface area (Å²) < 4.78 is 5.42. The van der Waals surface area contributed by atoms with Gasteiger partial charge in [-0.25, -0.2) is 4.79 Å². The van der Waals surface area contributed by atoms with Gasteiger partial charge in [-0.05, 0) is 46.2 Å². The molecule has 0 aliphatic carbocycles. The van der Waals surface area contributed by atoms with Crippen molar-refractivity contribution in [3.63, 3.8) is 0 Å². The smallest absolute Gasteiger partial charge is 0.410 e. The topological polar surface area (TPSA) is 74.7 Å². The van der Waals surface area contributed by atoms with Gasteiger partial charge in [0.05, 0.1) is 0 Å². The minimum absolute atomic E-state index is 0.182. The fraction of sp³-hybridized carbons (Fsp3) is 0.750. The molecule has 1 amide bonds. The van der Waals surface area contributed by atoms with Crippen molar-refractivity contribution in [2.75, 3.05) is 49.1 Å². The highest BCUT2D eigenvalue weighted by molar-refractivity contribution is 6.28. The maximum atomic E-state index is 12.1. The van der Waals surface area contributed by atoms with E-state index >= 15 is 0 Å². The van der Waals surface area contributed by atoms with E-state index in [4.69, 9.17) is 16.3 Å². The van der Waals surface area contributed by atoms with E-state index in [1.54, 1.807) is 4.90 Å². The summed E-state index contributed by atoms with van der Waals surface area (Å²) in [4.78, 5) is 30.9. The van der Waals surface area contributed by atoms with Crippen LogP contribution in [0.25, 0.3) is 0 Å². The van der Waals surface area contributed by atoms with Gasteiger partial charge in [0, 0.05) is 39.3 Å². The van der Waals surface area contributed by atoms with Crippen molar-refractivity contribution in [1.82, 2.24) is 19.9 Å². The first-order valence-electron chi connectivity index (χ1n) is 8.63. The highest BCUT2D eigenvalue weighted by atomic mass is 35.5. The summed E-state index contributed by atoms with van der Waals surface area (Å²) in [5, 5.41) is 0.182. The number of carbonyl (C=O) groups excluding carboxylic acids is 1. The van der Waals surface area contributed by atoms with Crippen molar-refractivity contribution in [3.8, 4) is 0 Å². The van der Waals surface area contributed by atoms with Crippen molar-refractivity contribution >= 4 is 29.6 Å². The van der Waals surface area contributed by atoms with Crippen molar-refractivity contribution in [3.05, 3.63) is 5.28 Å². The van der Waals surface area contributed by atoms with Crippen molar-refractivity contribution in [2.24, 2.45) is 0 Å². The van der Waals surface area contributed by atoms with E-state index in [1.165, 1.54) is 0 Å². The Hall–Kier alpha value is -1.83. The minimum atomic E-state index is -0.491. The lowest BCUT2D eigenvalue weighted by atomic mass is 10.2. The molecule has 2 rings (SSSR count). The summed E-state index contributed by atoms with van der Waals surface area (Å²) in [6, 6.07) is 0. The average molecular weight is 371 g/mol. The molecule has 140 valence electrons. The zero-order chi connectivity index (χ0) is 18.6. The van der Waals surface area contributed by atoms with Crippen LogP contribution >= 0.6 is 11.6 Å². The number of aromatic nitrogens is 3. The Morgan fingerprint density at radius 3 is 2.24 bits per heavy atom. The number of halogens is 1. The molecule has 1 saturated heterocycles. The lowest BCUT2D eigenvalue weighted by Gasteiger charge is -2.35. The van der Waals surface area contributed by atoms with Gasteiger partial charge in [-0.2, -0.15) is 15.0 Å². The number of rotatable bonds is 4. The summed E-state index contributed by atoms with van der Waals surface area (Å²) in [5.41, 5.74) is -0.491. The van der Waals surface area contributed by atoms with E-state index in [-0.39, 0.29) is 11.4 Å². The Bertz CT molecular complexity index is 595. The molecule has 1 aromatic heterocycles. The molecule has 2 heterocycles. The third-order valence-electron chi connectivity index (χ3n) is 3.85. The molecule has 0 spiro atoms. The van der Waals surface area contributed by atoms with Gasteiger partial charge in [0.15, 0.2) is 0 Å². The zero-order valence-electron chi connectivity index (χ0n) is 15.6. The van der Waals surface area contributed by atoms with Crippen LogP contribution in [0.2, 0.25) is 5.28 Å². The predicted octanol–water partition coefficient (Wildman–Crippen LogP) is 2.43. The molecule has 0 aromatic carbocycles. The van der Waals surface area contributed by atoms with Crippen LogP contribution in [-0.4, -0.2) is 70.8 Å². The SMILES string of the molecule is CCN(CC)c1nc(Cl)nc(N2CCN(C(=O)OC(C)(C)C)CC2)n1. The van der Waals surface area contributed by atoms with Gasteiger partial charge in [0.25, 0.3) is 0 Å². The highest BCUT2D eigenvalue weighted by Crippen LogP contribution is 2.19. The molecule has 0 saturated carbocycles. The molecule has 1 aliphatic rings. The number of piperazine rings is 1. The summed E-state index contributed by atoms with van der Waals surface area (Å²) in [5.74, 6) is 1.13. The predicted molar refractivity (Wildman–Crippen MR) is 98.4 cm³/mol. The Morgan fingerprint density at radius 1 is 1.12 bits per heavy atom. The molecule has 1 fully saturated rings. The molecule has 8 nitrogen and oxygen atoms in total. The summed E-state index contributed by atoms with van der Waals surface area (Å²) in [6.07, 6.45) is -0.287. The van der Waals surface area contributed by atoms with Gasteiger partial charge in [0.1, 0.15) is 5.60 Å². The number of hydrogen-bond acceptors (Lipinski definition) is 7. The van der Waals surface area contributed by atoms with Gasteiger partial charge in [-0.1, -0.05) is 0 Å². The van der Waals surface area contributed by atoms with Crippen LogP contribution in [0, 0.1) is 0 Å². The Balaban J connectivity index is 2.04. The number of nitrogens with zero attached hydrogens (tertiary/aromatic N) is 6. The molecule has 9 heteroatoms. The van der Waals surface area contributed by atoms with Crippen molar-refractivity contribution in [1.29, 1.82) is 0 Å². The zero-order valence-corrected chi connectivity index (χ0v) is 16.4. The third-order valence-corrected chi connectivity index (χ3v) is 4.01. The summed E-state index contributed by atoms with van der Waals surface area (Å²) in [6.45, 7) is 13.6. The van der Waals surface area contributed by atoms with E-state index in [2.05, 4.69) is 15.0 Å². The number of anilines is 2. The van der Waals surface area contributed by atoms with Crippen LogP contribution in [0.1, 0.15) is 34.6 Å². The van der Waals surface area contributed by atoms with E-state index in [1.807, 2.05) is 44.4 Å². The standard InChI is InChI=1S/C16H27ClN6O2/c1-6-21(7-2)13-18-12(17)19-14(20-13)22-8-10-23(11-9-22)15(24)25-16(3,4)5/h6-11H2,1-5H3. The van der Waals surface area contributed by atoms with Crippen LogP contribution in [0.3, 0.4) is 0 Å². The molecule has 0 atom stereocenters. The fourth-order valence-electron chi connectivity index (χ4n) is 2.53. The monoisotopic (exact) mass is 370 g/mol. The minimum Gasteiger partial charge on any atom is -0.444 e. The average Bonchev–Trinajstić information content (AvgIpc) is 2.54. The molecule has 1 aliphatic heterocycles. The van der Waals surface area contributed by atoms with Gasteiger partial charge in [-0.15, -0.1) is 0 Å². The Kier molecular flexibility index (Phi) is 6.26. The van der Waals surface area contributed by atoms with Gasteiger partial charge in [0.2, 0.25) is 17.2 Å². The molecule has 25 heavy (non-hydrogen) atoms. The van der Waals surface area contributed by atoms with Gasteiger partial charge < -0.3 is 19.4 Å². The van der Waals surface area contributed by atoms with Crippen LogP contribution in [0.15, 0.2) is 0 Å². The van der Waals surface area contributed by atoms with Crippen LogP contribution in [0.5, 0.6) is 0 Å². The van der Waals surface area contributed by atoms with Gasteiger partial charge >= 0.3 is 6.09 Å². The largest absolute Gasteiger partial charge is 0.444 e. The van der Waals surface area contributed by atoms with Crippen molar-refractivity contribution < 1.29 is 9.53 Å². The second-order valence-electron chi connectivity index (χ2n) is 6.83. The second-order valence-corrected chi connectivity index (χ2v) is 7.17. The van der Waals surface area contributed by atoms with Crippen LogP contribution in [0.4, 0.5) is 16.7 Å². The Labute approximate surface area is 154 Å². The summed E-state index contributed by atoms with van der Waals surface area (Å²) >= 11 is 6.08. The molecule has 1 aromatic rings. The molecular weight excluding hydrogens is 344 g/mol. The molecule has 0 unspecified atom stereocenters. The second kappa shape index (κ2) is 8.03. The Morgan fingerprint density at radius 2 is 1.72 bits per heavy atom. The normalized spacial score (nSPS) is 15.3. The number of hydrogen-bond donors (Lipinski definition) is 0. The van der Waals surface area contributed by atoms with E-state index in [0.717, 1.165) is 13.1 Å². The third kappa shape index (κ3) is 5.32. The first kappa shape index (κ1) is 19.5. The molecule has 0 radical (unpaired) electrons. The highest BCUT2D eigenvalue weighted by Gasteiger charge is 2.27. The quantitative estimate of drug-likeness (QED) is 0.805. The van der Waals surface area contributed by atoms with Crippen LogP contribution in [-0.2, 0) is 4.74 Å². The number of carbonyl (C=O) groups is 1. The van der Waals surface area contributed by atoms with E-state index in [0.29, 0.717) is 38.1 Å². The number of ether oxygens (including phenoxy) is 1. The molecular formula is C16H27ClN6O2. The van der Waals surface area contributed by atoms with E-state index < -0.39 is 5.60 Å². The summed E-state index contributed by atoms with van der Waals surface area (Å²) in [7, 11) is 0. The maximum absolute atomic E-state index is 12.1.